The van der Waals surface area contributed by atoms with Crippen molar-refractivity contribution in [2.45, 2.75) is 120 Å². The first-order valence-electron chi connectivity index (χ1n) is 22.5. The fraction of sp³-hybridized carbons (Fsp3) is 0.553. The van der Waals surface area contributed by atoms with Crippen LogP contribution in [-0.4, -0.2) is 109 Å². The number of nitrogens with one attached hydrogen (secondary N) is 3. The second-order valence-electron chi connectivity index (χ2n) is 19.2. The summed E-state index contributed by atoms with van der Waals surface area (Å²) in [6.45, 7) is 7.05. The van der Waals surface area contributed by atoms with Gasteiger partial charge in [0.05, 0.1) is 24.1 Å². The van der Waals surface area contributed by atoms with E-state index in [1.807, 2.05) is 25.1 Å². The molecule has 0 spiro atoms. The van der Waals surface area contributed by atoms with Gasteiger partial charge in [-0.2, -0.15) is 13.2 Å². The van der Waals surface area contributed by atoms with Crippen LogP contribution in [0.3, 0.4) is 0 Å². The Morgan fingerprint density at radius 1 is 1.00 bits per heavy atom. The molecule has 0 radical (unpaired) electrons. The minimum atomic E-state index is -4.94. The molecular weight excluding hydrogens is 900 g/mol. The van der Waals surface area contributed by atoms with Gasteiger partial charge >= 0.3 is 12.3 Å². The van der Waals surface area contributed by atoms with Gasteiger partial charge < -0.3 is 39.2 Å². The number of rotatable bonds is 9. The summed E-state index contributed by atoms with van der Waals surface area (Å²) in [5.74, 6) is -2.03. The molecule has 4 heterocycles. The van der Waals surface area contributed by atoms with Crippen LogP contribution in [0.1, 0.15) is 79.6 Å². The molecule has 1 saturated heterocycles. The maximum Gasteiger partial charge on any atom is 0.427 e. The fourth-order valence-corrected chi connectivity index (χ4v) is 10.3. The van der Waals surface area contributed by atoms with Crippen LogP contribution in [0.5, 0.6) is 23.1 Å². The molecule has 8 rings (SSSR count). The molecule has 4 amide bonds. The van der Waals surface area contributed by atoms with Gasteiger partial charge in [-0.25, -0.2) is 18.2 Å². The Hall–Kier alpha value is -5.79. The number of allylic oxidation sites excluding steroid dienone is 1. The molecular formula is C47H56F3N5O11S. The third-order valence-electron chi connectivity index (χ3n) is 13.7. The van der Waals surface area contributed by atoms with Crippen molar-refractivity contribution in [3.05, 3.63) is 54.6 Å². The maximum absolute atomic E-state index is 15.0. The smallest absolute Gasteiger partial charge is 0.427 e. The molecule has 2 aliphatic carbocycles. The summed E-state index contributed by atoms with van der Waals surface area (Å²) in [5, 5.41) is 6.48. The Morgan fingerprint density at radius 2 is 1.73 bits per heavy atom. The van der Waals surface area contributed by atoms with Gasteiger partial charge in [-0.15, -0.1) is 0 Å². The molecule has 3 aliphatic heterocycles. The second kappa shape index (κ2) is 17.7. The van der Waals surface area contributed by atoms with Crippen LogP contribution in [0.15, 0.2) is 54.6 Å². The highest BCUT2D eigenvalue weighted by atomic mass is 32.2. The molecule has 3 N–H and O–H groups in total. The molecule has 3 aromatic rings. The van der Waals surface area contributed by atoms with E-state index in [9.17, 15) is 36.0 Å². The lowest BCUT2D eigenvalue weighted by Crippen LogP contribution is -2.59. The molecule has 16 nitrogen and oxygen atoms in total. The van der Waals surface area contributed by atoms with Gasteiger partial charge in [0.15, 0.2) is 11.5 Å². The summed E-state index contributed by atoms with van der Waals surface area (Å²) in [7, 11) is -2.58. The highest BCUT2D eigenvalue weighted by Gasteiger charge is 2.63. The van der Waals surface area contributed by atoms with E-state index in [2.05, 4.69) is 15.4 Å². The first-order chi connectivity index (χ1) is 31.5. The van der Waals surface area contributed by atoms with Crippen LogP contribution in [0, 0.1) is 17.8 Å². The Morgan fingerprint density at radius 3 is 2.43 bits per heavy atom. The molecule has 7 atom stereocenters. The number of aromatic nitrogens is 1. The zero-order valence-electron chi connectivity index (χ0n) is 38.2. The van der Waals surface area contributed by atoms with E-state index in [0.29, 0.717) is 98.4 Å². The SMILES string of the molecule is COc1ccc2c(OC3C[C@H]4C(=O)N[C@]5(C(=O)NS(=O)(=O)C6(C)CC6)C[C@H]5/C=C\CC[C@H](C)C[C@@H](C)[C@H](NC(=O)OC(C)(C)C(F)(F)F)C(=O)N4C3)nc(-c3ccc4c(c3)OCCO4)cc2c1. The van der Waals surface area contributed by atoms with Crippen molar-refractivity contribution >= 4 is 44.6 Å². The number of methoxy groups -OCH3 is 1. The normalized spacial score (nSPS) is 27.8. The second-order valence-corrected chi connectivity index (χ2v) is 21.4. The van der Waals surface area contributed by atoms with Crippen molar-refractivity contribution in [3.8, 4) is 34.4 Å². The van der Waals surface area contributed by atoms with E-state index in [1.165, 1.54) is 18.9 Å². The number of sulfonamides is 1. The lowest BCUT2D eigenvalue weighted by Gasteiger charge is -2.34. The fourth-order valence-electron chi connectivity index (χ4n) is 8.97. The lowest BCUT2D eigenvalue weighted by atomic mass is 9.88. The number of carbonyl (C=O) groups excluding carboxylic acids is 4. The number of fused-ring (bicyclic) bond motifs is 4. The minimum Gasteiger partial charge on any atom is -0.497 e. The zero-order valence-corrected chi connectivity index (χ0v) is 39.0. The van der Waals surface area contributed by atoms with Gasteiger partial charge in [-0.3, -0.25) is 19.1 Å². The number of hydrogen-bond donors (Lipinski definition) is 3. The summed E-state index contributed by atoms with van der Waals surface area (Å²) < 4.78 is 98.0. The number of benzene rings is 2. The van der Waals surface area contributed by atoms with Crippen LogP contribution in [0.2, 0.25) is 0 Å². The Bertz CT molecular complexity index is 2600. The average Bonchev–Trinajstić information content (AvgIpc) is 4.15. The number of halogens is 3. The van der Waals surface area contributed by atoms with Crippen LogP contribution in [0.4, 0.5) is 18.0 Å². The predicted octanol–water partition coefficient (Wildman–Crippen LogP) is 6.35. The first-order valence-corrected chi connectivity index (χ1v) is 24.0. The Kier molecular flexibility index (Phi) is 12.6. The topological polar surface area (TPSA) is 201 Å². The quantitative estimate of drug-likeness (QED) is 0.201. The third kappa shape index (κ3) is 9.68. The molecule has 362 valence electrons. The predicted molar refractivity (Wildman–Crippen MR) is 238 cm³/mol. The summed E-state index contributed by atoms with van der Waals surface area (Å²) in [4.78, 5) is 63.4. The number of alkyl carbamates (subject to hydrolysis) is 1. The molecule has 2 aromatic carbocycles. The van der Waals surface area contributed by atoms with E-state index in [-0.39, 0.29) is 31.2 Å². The van der Waals surface area contributed by atoms with Gasteiger partial charge in [-0.05, 0) is 119 Å². The summed E-state index contributed by atoms with van der Waals surface area (Å²) in [6.07, 6.45) is -1.62. The summed E-state index contributed by atoms with van der Waals surface area (Å²) >= 11 is 0. The molecule has 67 heavy (non-hydrogen) atoms. The maximum atomic E-state index is 15.0. The van der Waals surface area contributed by atoms with Gasteiger partial charge in [0.1, 0.15) is 42.7 Å². The summed E-state index contributed by atoms with van der Waals surface area (Å²) in [5.41, 5.74) is -3.44. The number of pyridine rings is 1. The first kappa shape index (κ1) is 47.7. The largest absolute Gasteiger partial charge is 0.497 e. The van der Waals surface area contributed by atoms with Crippen molar-refractivity contribution in [1.29, 1.82) is 0 Å². The molecule has 0 bridgehead atoms. The van der Waals surface area contributed by atoms with Crippen molar-refractivity contribution in [1.82, 2.24) is 25.2 Å². The van der Waals surface area contributed by atoms with E-state index in [4.69, 9.17) is 28.7 Å². The van der Waals surface area contributed by atoms with Crippen LogP contribution >= 0.6 is 0 Å². The number of carbonyl (C=O) groups is 4. The number of hydrogen-bond acceptors (Lipinski definition) is 12. The third-order valence-corrected chi connectivity index (χ3v) is 15.8. The molecule has 1 aromatic heterocycles. The van der Waals surface area contributed by atoms with E-state index < -0.39 is 85.9 Å². The molecule has 3 fully saturated rings. The number of alkyl halides is 3. The monoisotopic (exact) mass is 955 g/mol. The van der Waals surface area contributed by atoms with Gasteiger partial charge in [0.2, 0.25) is 33.3 Å². The Labute approximate surface area is 386 Å². The van der Waals surface area contributed by atoms with E-state index in [1.54, 1.807) is 43.3 Å². The molecule has 20 heteroatoms. The van der Waals surface area contributed by atoms with Crippen molar-refractivity contribution in [2.75, 3.05) is 26.9 Å². The van der Waals surface area contributed by atoms with E-state index in [0.717, 1.165) is 0 Å². The zero-order chi connectivity index (χ0) is 48.3. The molecule has 5 aliphatic rings. The molecule has 1 unspecified atom stereocenters. The number of amides is 4. The van der Waals surface area contributed by atoms with Gasteiger partial charge in [0.25, 0.3) is 5.91 Å². The van der Waals surface area contributed by atoms with Crippen LogP contribution < -0.4 is 34.3 Å². The summed E-state index contributed by atoms with van der Waals surface area (Å²) in [6, 6.07) is 9.66. The minimum absolute atomic E-state index is 0.0640. The van der Waals surface area contributed by atoms with Crippen LogP contribution in [-0.2, 0) is 29.1 Å². The van der Waals surface area contributed by atoms with Crippen molar-refractivity contribution < 1.29 is 64.5 Å². The molecule has 2 saturated carbocycles. The average molecular weight is 956 g/mol. The van der Waals surface area contributed by atoms with E-state index >= 15 is 4.79 Å². The lowest BCUT2D eigenvalue weighted by molar-refractivity contribution is -0.244. The van der Waals surface area contributed by atoms with Crippen LogP contribution in [0.25, 0.3) is 22.0 Å². The van der Waals surface area contributed by atoms with Crippen molar-refractivity contribution in [3.63, 3.8) is 0 Å². The van der Waals surface area contributed by atoms with Gasteiger partial charge in [0, 0.05) is 23.3 Å². The highest BCUT2D eigenvalue weighted by molar-refractivity contribution is 7.91. The number of ether oxygens (including phenoxy) is 5. The Balaban J connectivity index is 1.16. The van der Waals surface area contributed by atoms with Gasteiger partial charge in [-0.1, -0.05) is 26.0 Å². The number of nitrogens with zero attached hydrogens (tertiary/aromatic N) is 2. The standard InChI is InChI=1S/C47H56F3N5O11S/c1-26-9-7-8-10-30-24-46(30,42(58)54-67(60,61)45(5)15-16-45)53-39(56)35-23-32(25-55(35)41(57)38(27(2)19-26)52-43(59)66-44(3,4)47(48,49)50)65-40-33-13-12-31(62-6)20-29(33)21-34(51-40)28-11-14-36-37(22-28)64-18-17-63-36/h8,10-14,20-22,26-27,30,32,35,38H,7,9,15-19,23-25H2,1-6H3,(H,52,59)(H,53,56)(H,54,58)/b10-8-/t26-,27+,30+,32?,35-,38-,46+/m0/s1. The highest BCUT2D eigenvalue weighted by Crippen LogP contribution is 2.48. The van der Waals surface area contributed by atoms with Crippen molar-refractivity contribution in [2.24, 2.45) is 17.8 Å².